The van der Waals surface area contributed by atoms with E-state index in [1.165, 1.54) is 7.11 Å². The van der Waals surface area contributed by atoms with Crippen LogP contribution < -0.4 is 19.7 Å². The maximum atomic E-state index is 10.3. The third-order valence-corrected chi connectivity index (χ3v) is 2.09. The number of ether oxygens (including phenoxy) is 2. The van der Waals surface area contributed by atoms with Crippen LogP contribution in [0.25, 0.3) is 11.4 Å². The molecule has 0 saturated carbocycles. The van der Waals surface area contributed by atoms with Crippen LogP contribution >= 0.6 is 0 Å². The number of rotatable bonds is 5. The quantitative estimate of drug-likeness (QED) is 0.637. The molecule has 0 radical (unpaired) electrons. The molecule has 18 heavy (non-hydrogen) atoms. The van der Waals surface area contributed by atoms with Gasteiger partial charge in [-0.15, -0.1) is 0 Å². The Kier molecular flexibility index (Phi) is 3.37. The zero-order chi connectivity index (χ0) is 13.0. The van der Waals surface area contributed by atoms with Gasteiger partial charge >= 0.3 is 0 Å². The summed E-state index contributed by atoms with van der Waals surface area (Å²) in [6.45, 7) is -0.550. The average Bonchev–Trinajstić information content (AvgIpc) is 2.90. The van der Waals surface area contributed by atoms with Crippen molar-refractivity contribution in [3.63, 3.8) is 0 Å². The van der Waals surface area contributed by atoms with Crippen LogP contribution in [0.3, 0.4) is 0 Å². The fourth-order valence-electron chi connectivity index (χ4n) is 1.32. The summed E-state index contributed by atoms with van der Waals surface area (Å²) in [5.74, 6) is -0.315. The number of benzene rings is 1. The highest BCUT2D eigenvalue weighted by molar-refractivity contribution is 5.66. The molecule has 0 unspecified atom stereocenters. The van der Waals surface area contributed by atoms with E-state index in [9.17, 15) is 9.90 Å². The zero-order valence-corrected chi connectivity index (χ0v) is 9.36. The normalized spacial score (nSPS) is 10.1. The smallest absolute Gasteiger partial charge is 0.161 e. The van der Waals surface area contributed by atoms with E-state index in [0.717, 1.165) is 0 Å². The highest BCUT2D eigenvalue weighted by Crippen LogP contribution is 2.30. The van der Waals surface area contributed by atoms with Gasteiger partial charge in [-0.3, -0.25) is 10.3 Å². The van der Waals surface area contributed by atoms with Crippen molar-refractivity contribution >= 4 is 5.97 Å². The number of carbonyl (C=O) groups is 1. The summed E-state index contributed by atoms with van der Waals surface area (Å²) in [6, 6.07) is 4.79. The van der Waals surface area contributed by atoms with Crippen LogP contribution in [0.2, 0.25) is 0 Å². The average molecular weight is 248 g/mol. The van der Waals surface area contributed by atoms with E-state index in [-0.39, 0.29) is 5.75 Å². The summed E-state index contributed by atoms with van der Waals surface area (Å²) in [4.78, 5) is 10.3. The van der Waals surface area contributed by atoms with E-state index < -0.39 is 12.6 Å². The lowest BCUT2D eigenvalue weighted by Gasteiger charge is -2.12. The van der Waals surface area contributed by atoms with Gasteiger partial charge in [0.15, 0.2) is 11.5 Å². The number of aliphatic carboxylic acids is 1. The molecule has 1 aromatic carbocycles. The first-order valence-electron chi connectivity index (χ1n) is 4.90. The second-order valence-electron chi connectivity index (χ2n) is 3.23. The molecule has 0 aliphatic rings. The number of methoxy groups -OCH3 is 1. The van der Waals surface area contributed by atoms with E-state index in [2.05, 4.69) is 20.6 Å². The Bertz CT molecular complexity index is 541. The molecule has 8 nitrogen and oxygen atoms in total. The number of hydrogen-bond acceptors (Lipinski definition) is 7. The molecule has 0 aliphatic carbocycles. The molecule has 0 spiro atoms. The summed E-state index contributed by atoms with van der Waals surface area (Å²) in [5.41, 5.74) is 0.637. The van der Waals surface area contributed by atoms with Crippen LogP contribution in [-0.2, 0) is 4.79 Å². The van der Waals surface area contributed by atoms with Crippen molar-refractivity contribution in [2.75, 3.05) is 13.7 Å². The zero-order valence-electron chi connectivity index (χ0n) is 9.36. The number of carboxylic acids is 1. The van der Waals surface area contributed by atoms with Crippen LogP contribution in [0.4, 0.5) is 0 Å². The molecule has 2 aromatic rings. The van der Waals surface area contributed by atoms with E-state index in [1.54, 1.807) is 18.2 Å². The number of hydrogen-bond donors (Lipinski definition) is 0. The fraction of sp³-hybridized carbons (Fsp3) is 0.200. The predicted molar refractivity (Wildman–Crippen MR) is 55.6 cm³/mol. The molecule has 0 N–H and O–H groups in total. The van der Waals surface area contributed by atoms with Gasteiger partial charge in [0.1, 0.15) is 6.61 Å². The van der Waals surface area contributed by atoms with Crippen molar-refractivity contribution in [2.45, 2.75) is 0 Å². The topological polar surface area (TPSA) is 111 Å². The van der Waals surface area contributed by atoms with Crippen molar-refractivity contribution in [3.8, 4) is 22.9 Å². The Hall–Kier alpha value is -2.64. The Balaban J connectivity index is 2.26. The third-order valence-electron chi connectivity index (χ3n) is 2.09. The van der Waals surface area contributed by atoms with Crippen LogP contribution in [-0.4, -0.2) is 35.2 Å². The molecule has 0 atom stereocenters. The van der Waals surface area contributed by atoms with Gasteiger partial charge in [0.05, 0.1) is 13.1 Å². The van der Waals surface area contributed by atoms with Crippen LogP contribution in [0.1, 0.15) is 0 Å². The number of carbonyl (C=O) groups excluding carboxylic acids is 1. The molecule has 0 saturated heterocycles. The summed E-state index contributed by atoms with van der Waals surface area (Å²) in [7, 11) is 1.44. The molecular formula is C10H8N4O4-2. The van der Waals surface area contributed by atoms with Gasteiger partial charge < -0.3 is 24.5 Å². The van der Waals surface area contributed by atoms with Crippen molar-refractivity contribution < 1.29 is 19.4 Å². The molecule has 0 aliphatic heterocycles. The summed E-state index contributed by atoms with van der Waals surface area (Å²) < 4.78 is 10.1. The van der Waals surface area contributed by atoms with E-state index >= 15 is 0 Å². The molecule has 0 fully saturated rings. The number of carboxylic acid groups (broad SMARTS) is 1. The molecule has 94 valence electrons. The monoisotopic (exact) mass is 248 g/mol. The lowest BCUT2D eigenvalue weighted by Crippen LogP contribution is -2.29. The molecule has 8 heteroatoms. The first-order valence-corrected chi connectivity index (χ1v) is 4.90. The van der Waals surface area contributed by atoms with Crippen molar-refractivity contribution in [1.82, 2.24) is 20.6 Å². The maximum Gasteiger partial charge on any atom is 0.161 e. The van der Waals surface area contributed by atoms with Gasteiger partial charge in [0, 0.05) is 5.82 Å². The highest BCUT2D eigenvalue weighted by Gasteiger charge is 2.06. The predicted octanol–water partition coefficient (Wildman–Crippen LogP) is -1.37. The first-order chi connectivity index (χ1) is 8.70. The van der Waals surface area contributed by atoms with Crippen molar-refractivity contribution in [2.24, 2.45) is 0 Å². The van der Waals surface area contributed by atoms with Gasteiger partial charge in [-0.2, -0.15) is 5.21 Å². The summed E-state index contributed by atoms with van der Waals surface area (Å²) in [5, 5.41) is 24.4. The number of aromatic nitrogens is 4. The van der Waals surface area contributed by atoms with Crippen LogP contribution in [0.15, 0.2) is 18.2 Å². The standard InChI is InChI=1S/C10H10N4O4/c1-17-8-4-6(10-11-13-14-12-10)2-3-7(8)18-5-9(15)16/h2-4H,5H2,1H3,(H2,11,12,13,14,15,16)/p-2. The maximum absolute atomic E-state index is 10.3. The van der Waals surface area contributed by atoms with Crippen molar-refractivity contribution in [3.05, 3.63) is 18.2 Å². The van der Waals surface area contributed by atoms with E-state index in [4.69, 9.17) is 9.47 Å². The highest BCUT2D eigenvalue weighted by atomic mass is 16.5. The molecule has 0 bridgehead atoms. The lowest BCUT2D eigenvalue weighted by molar-refractivity contribution is -0.307. The Morgan fingerprint density at radius 2 is 2.28 bits per heavy atom. The van der Waals surface area contributed by atoms with Crippen molar-refractivity contribution in [1.29, 1.82) is 0 Å². The molecule has 1 aromatic heterocycles. The Morgan fingerprint density at radius 3 is 2.89 bits per heavy atom. The van der Waals surface area contributed by atoms with Gasteiger partial charge in [0.2, 0.25) is 0 Å². The second-order valence-corrected chi connectivity index (χ2v) is 3.23. The van der Waals surface area contributed by atoms with Gasteiger partial charge in [-0.1, -0.05) is 0 Å². The van der Waals surface area contributed by atoms with E-state index in [0.29, 0.717) is 17.1 Å². The molecule has 2 rings (SSSR count). The van der Waals surface area contributed by atoms with Crippen LogP contribution in [0.5, 0.6) is 11.5 Å². The summed E-state index contributed by atoms with van der Waals surface area (Å²) in [6.07, 6.45) is 0. The minimum atomic E-state index is -1.31. The minimum Gasteiger partial charge on any atom is -0.546 e. The number of nitrogens with zero attached hydrogens (tertiary/aromatic N) is 4. The van der Waals surface area contributed by atoms with Crippen LogP contribution in [0, 0.1) is 0 Å². The Labute approximate surface area is 102 Å². The third kappa shape index (κ3) is 2.54. The number of tetrazole rings is 1. The molecule has 0 amide bonds. The van der Waals surface area contributed by atoms with Gasteiger partial charge in [-0.25, -0.2) is 0 Å². The summed E-state index contributed by atoms with van der Waals surface area (Å²) >= 11 is 0. The largest absolute Gasteiger partial charge is 0.546 e. The first kappa shape index (κ1) is 11.8. The SMILES string of the molecule is COc1cc(-c2nnn[n-]2)ccc1OCC(=O)[O-]. The van der Waals surface area contributed by atoms with Gasteiger partial charge in [0.25, 0.3) is 0 Å². The lowest BCUT2D eigenvalue weighted by atomic mass is 10.2. The molecule has 1 heterocycles. The minimum absolute atomic E-state index is 0.290. The fourth-order valence-corrected chi connectivity index (χ4v) is 1.32. The molecular weight excluding hydrogens is 240 g/mol. The van der Waals surface area contributed by atoms with E-state index in [1.807, 2.05) is 0 Å². The van der Waals surface area contributed by atoms with Gasteiger partial charge in [-0.05, 0) is 23.8 Å². The Morgan fingerprint density at radius 1 is 1.44 bits per heavy atom. The second kappa shape index (κ2) is 5.13.